The van der Waals surface area contributed by atoms with Crippen LogP contribution in [-0.2, 0) is 4.79 Å². The molecule has 3 heterocycles. The molecule has 2 atom stereocenters. The average Bonchev–Trinajstić information content (AvgIpc) is 3.18. The molecule has 1 amide bonds. The third-order valence-corrected chi connectivity index (χ3v) is 6.53. The van der Waals surface area contributed by atoms with Crippen molar-refractivity contribution in [3.8, 4) is 5.75 Å². The Morgan fingerprint density at radius 1 is 1.35 bits per heavy atom. The number of ether oxygens (including phenoxy) is 1. The molecule has 1 aromatic rings. The number of nitrogens with zero attached hydrogens (tertiary/aromatic N) is 2. The molecule has 6 heteroatoms. The second kappa shape index (κ2) is 4.38. The fourth-order valence-corrected chi connectivity index (χ4v) is 5.31. The van der Waals surface area contributed by atoms with Crippen molar-refractivity contribution < 1.29 is 13.9 Å². The molecule has 0 spiro atoms. The van der Waals surface area contributed by atoms with Crippen molar-refractivity contribution in [2.45, 2.75) is 56.3 Å². The second-order valence-corrected chi connectivity index (χ2v) is 8.00. The SMILES string of the molecule is O=C(N1C[C@@H]2C[C@H]1c1cncc(Cl)c1O2)C12CCC(F)(CC1)C2. The first kappa shape index (κ1) is 14.0. The van der Waals surface area contributed by atoms with Gasteiger partial charge in [-0.2, -0.15) is 0 Å². The molecule has 122 valence electrons. The van der Waals surface area contributed by atoms with Gasteiger partial charge in [0.2, 0.25) is 5.91 Å². The maximum atomic E-state index is 14.5. The van der Waals surface area contributed by atoms with Crippen molar-refractivity contribution in [2.75, 3.05) is 6.54 Å². The Bertz CT molecular complexity index is 702. The van der Waals surface area contributed by atoms with Crippen LogP contribution in [-0.4, -0.2) is 34.1 Å². The lowest BCUT2D eigenvalue weighted by molar-refractivity contribution is -0.142. The third-order valence-electron chi connectivity index (χ3n) is 6.26. The maximum absolute atomic E-state index is 14.5. The van der Waals surface area contributed by atoms with Crippen LogP contribution >= 0.6 is 11.6 Å². The van der Waals surface area contributed by atoms with E-state index in [2.05, 4.69) is 4.98 Å². The van der Waals surface area contributed by atoms with Gasteiger partial charge in [-0.25, -0.2) is 4.39 Å². The fourth-order valence-electron chi connectivity index (χ4n) is 5.10. The van der Waals surface area contributed by atoms with E-state index in [0.717, 1.165) is 12.0 Å². The smallest absolute Gasteiger partial charge is 0.229 e. The minimum Gasteiger partial charge on any atom is -0.486 e. The molecule has 4 bridgehead atoms. The van der Waals surface area contributed by atoms with Crippen LogP contribution in [0.25, 0.3) is 0 Å². The van der Waals surface area contributed by atoms with Crippen LogP contribution < -0.4 is 4.74 Å². The molecular weight excluding hydrogens is 319 g/mol. The number of carbonyl (C=O) groups is 1. The summed E-state index contributed by atoms with van der Waals surface area (Å²) in [7, 11) is 0. The van der Waals surface area contributed by atoms with E-state index in [-0.39, 0.29) is 18.1 Å². The number of fused-ring (bicyclic) bond motifs is 6. The van der Waals surface area contributed by atoms with Crippen LogP contribution in [0.1, 0.15) is 50.1 Å². The first-order valence-electron chi connectivity index (χ1n) is 8.30. The normalized spacial score (nSPS) is 40.2. The highest BCUT2D eigenvalue weighted by molar-refractivity contribution is 6.32. The largest absolute Gasteiger partial charge is 0.486 e. The van der Waals surface area contributed by atoms with Gasteiger partial charge in [-0.3, -0.25) is 9.78 Å². The van der Waals surface area contributed by atoms with Gasteiger partial charge >= 0.3 is 0 Å². The predicted octanol–water partition coefficient (Wildman–Crippen LogP) is 3.44. The monoisotopic (exact) mass is 336 g/mol. The summed E-state index contributed by atoms with van der Waals surface area (Å²) in [5.74, 6) is 0.770. The minimum absolute atomic E-state index is 0.0225. The average molecular weight is 337 g/mol. The lowest BCUT2D eigenvalue weighted by Gasteiger charge is -2.33. The number of likely N-dealkylation sites (tertiary alicyclic amines) is 1. The van der Waals surface area contributed by atoms with E-state index in [1.54, 1.807) is 12.4 Å². The van der Waals surface area contributed by atoms with Crippen LogP contribution in [0.5, 0.6) is 5.75 Å². The van der Waals surface area contributed by atoms with Gasteiger partial charge in [0.25, 0.3) is 0 Å². The molecule has 0 radical (unpaired) electrons. The summed E-state index contributed by atoms with van der Waals surface area (Å²) in [4.78, 5) is 19.3. The van der Waals surface area contributed by atoms with Crippen molar-refractivity contribution in [3.05, 3.63) is 23.0 Å². The van der Waals surface area contributed by atoms with Gasteiger partial charge in [-0.15, -0.1) is 0 Å². The molecule has 0 aromatic carbocycles. The third kappa shape index (κ3) is 1.83. The zero-order valence-corrected chi connectivity index (χ0v) is 13.5. The lowest BCUT2D eigenvalue weighted by Crippen LogP contribution is -2.41. The highest BCUT2D eigenvalue weighted by Crippen LogP contribution is 2.60. The number of amides is 1. The summed E-state index contributed by atoms with van der Waals surface area (Å²) in [6.45, 7) is 0.565. The van der Waals surface area contributed by atoms with Crippen LogP contribution in [0.3, 0.4) is 0 Å². The quantitative estimate of drug-likeness (QED) is 0.789. The first-order chi connectivity index (χ1) is 11.0. The lowest BCUT2D eigenvalue weighted by atomic mass is 9.82. The second-order valence-electron chi connectivity index (χ2n) is 7.60. The summed E-state index contributed by atoms with van der Waals surface area (Å²) >= 11 is 6.19. The molecule has 5 rings (SSSR count). The number of pyridine rings is 1. The van der Waals surface area contributed by atoms with Crippen LogP contribution in [0, 0.1) is 5.41 Å². The Balaban J connectivity index is 1.50. The Labute approximate surface area is 139 Å². The van der Waals surface area contributed by atoms with Crippen LogP contribution in [0.4, 0.5) is 4.39 Å². The number of carbonyl (C=O) groups excluding carboxylic acids is 1. The van der Waals surface area contributed by atoms with Gasteiger partial charge in [0.15, 0.2) is 0 Å². The Morgan fingerprint density at radius 3 is 2.83 bits per heavy atom. The highest BCUT2D eigenvalue weighted by atomic mass is 35.5. The molecule has 1 saturated heterocycles. The van der Waals surface area contributed by atoms with E-state index < -0.39 is 11.1 Å². The molecule has 2 aliphatic heterocycles. The van der Waals surface area contributed by atoms with E-state index in [1.165, 1.54) is 0 Å². The fraction of sp³-hybridized carbons (Fsp3) is 0.647. The zero-order chi connectivity index (χ0) is 15.8. The molecular formula is C17H18ClFN2O2. The summed E-state index contributed by atoms with van der Waals surface area (Å²) < 4.78 is 20.5. The van der Waals surface area contributed by atoms with E-state index in [9.17, 15) is 9.18 Å². The molecule has 2 aliphatic carbocycles. The van der Waals surface area contributed by atoms with Crippen molar-refractivity contribution >= 4 is 17.5 Å². The van der Waals surface area contributed by atoms with Crippen LogP contribution in [0.2, 0.25) is 5.02 Å². The summed E-state index contributed by atoms with van der Waals surface area (Å²) in [6, 6.07) is -0.0352. The summed E-state index contributed by atoms with van der Waals surface area (Å²) in [5.41, 5.74) is -0.708. The van der Waals surface area contributed by atoms with Gasteiger partial charge in [-0.1, -0.05) is 11.6 Å². The standard InChI is InChI=1S/C17H18ClFN2O2/c18-12-7-20-6-11-13-5-10(23-14(11)12)8-21(13)15(22)16-1-3-17(19,9-16)4-2-16/h6-7,10,13H,1-5,8-9H2/t10-,13-,16?,17?/m0/s1. The number of aromatic nitrogens is 1. The van der Waals surface area contributed by atoms with Gasteiger partial charge < -0.3 is 9.64 Å². The summed E-state index contributed by atoms with van der Waals surface area (Å²) in [6.07, 6.45) is 6.88. The molecule has 4 aliphatic rings. The summed E-state index contributed by atoms with van der Waals surface area (Å²) in [5, 5.41) is 0.495. The van der Waals surface area contributed by atoms with E-state index in [1.807, 2.05) is 4.90 Å². The van der Waals surface area contributed by atoms with Gasteiger partial charge in [0.05, 0.1) is 18.0 Å². The zero-order valence-electron chi connectivity index (χ0n) is 12.7. The van der Waals surface area contributed by atoms with Crippen molar-refractivity contribution in [3.63, 3.8) is 0 Å². The first-order valence-corrected chi connectivity index (χ1v) is 8.68. The van der Waals surface area contributed by atoms with Gasteiger partial charge in [0, 0.05) is 24.4 Å². The molecule has 3 fully saturated rings. The number of alkyl halides is 1. The van der Waals surface area contributed by atoms with E-state index >= 15 is 0 Å². The highest BCUT2D eigenvalue weighted by Gasteiger charge is 2.61. The van der Waals surface area contributed by atoms with Crippen LogP contribution in [0.15, 0.2) is 12.4 Å². The van der Waals surface area contributed by atoms with E-state index in [4.69, 9.17) is 16.3 Å². The number of rotatable bonds is 1. The molecule has 0 N–H and O–H groups in total. The van der Waals surface area contributed by atoms with E-state index in [0.29, 0.717) is 49.4 Å². The predicted molar refractivity (Wildman–Crippen MR) is 82.1 cm³/mol. The topological polar surface area (TPSA) is 42.4 Å². The molecule has 2 saturated carbocycles. The van der Waals surface area contributed by atoms with Gasteiger partial charge in [-0.05, 0) is 32.1 Å². The Morgan fingerprint density at radius 2 is 2.13 bits per heavy atom. The van der Waals surface area contributed by atoms with Crippen molar-refractivity contribution in [1.29, 1.82) is 0 Å². The molecule has 23 heavy (non-hydrogen) atoms. The minimum atomic E-state index is -1.11. The Hall–Kier alpha value is -1.36. The maximum Gasteiger partial charge on any atom is 0.229 e. The molecule has 1 aromatic heterocycles. The Kier molecular flexibility index (Phi) is 2.67. The van der Waals surface area contributed by atoms with Crippen molar-refractivity contribution in [1.82, 2.24) is 9.88 Å². The number of hydrogen-bond donors (Lipinski definition) is 0. The molecule has 0 unspecified atom stereocenters. The van der Waals surface area contributed by atoms with Crippen molar-refractivity contribution in [2.24, 2.45) is 5.41 Å². The molecule has 4 nitrogen and oxygen atoms in total. The number of halogens is 2. The number of hydrogen-bond acceptors (Lipinski definition) is 3. The van der Waals surface area contributed by atoms with Gasteiger partial charge in [0.1, 0.15) is 22.5 Å².